The maximum atomic E-state index is 11.2. The number of nitrogens with one attached hydrogen (secondary N) is 1. The van der Waals surface area contributed by atoms with Crippen molar-refractivity contribution in [3.63, 3.8) is 0 Å². The van der Waals surface area contributed by atoms with Crippen molar-refractivity contribution >= 4 is 16.5 Å². The first kappa shape index (κ1) is 14.0. The van der Waals surface area contributed by atoms with Crippen LogP contribution in [-0.4, -0.2) is 34.4 Å². The molecule has 0 aliphatic carbocycles. The second-order valence-electron chi connectivity index (χ2n) is 4.05. The molecule has 0 aliphatic heterocycles. The van der Waals surface area contributed by atoms with Crippen LogP contribution in [0.15, 0.2) is 12.3 Å². The SMILES string of the molecule is COc1cnc(C)cc1NCCC(C)S(C)=O. The van der Waals surface area contributed by atoms with Crippen LogP contribution in [0.3, 0.4) is 0 Å². The van der Waals surface area contributed by atoms with Crippen molar-refractivity contribution in [3.05, 3.63) is 18.0 Å². The summed E-state index contributed by atoms with van der Waals surface area (Å²) in [4.78, 5) is 4.17. The van der Waals surface area contributed by atoms with E-state index in [-0.39, 0.29) is 5.25 Å². The molecule has 1 rings (SSSR count). The summed E-state index contributed by atoms with van der Waals surface area (Å²) in [7, 11) is 0.863. The van der Waals surface area contributed by atoms with Gasteiger partial charge < -0.3 is 10.1 Å². The van der Waals surface area contributed by atoms with Gasteiger partial charge in [0.1, 0.15) is 0 Å². The predicted octanol–water partition coefficient (Wildman–Crippen LogP) is 1.97. The van der Waals surface area contributed by atoms with Crippen molar-refractivity contribution in [2.24, 2.45) is 0 Å². The number of aryl methyl sites for hydroxylation is 1. The molecule has 0 saturated heterocycles. The molecule has 1 N–H and O–H groups in total. The second kappa shape index (κ2) is 6.59. The first-order valence-electron chi connectivity index (χ1n) is 5.61. The molecule has 0 radical (unpaired) electrons. The van der Waals surface area contributed by atoms with Crippen LogP contribution >= 0.6 is 0 Å². The fraction of sp³-hybridized carbons (Fsp3) is 0.583. The van der Waals surface area contributed by atoms with Gasteiger partial charge in [0.05, 0.1) is 19.0 Å². The quantitative estimate of drug-likeness (QED) is 0.845. The van der Waals surface area contributed by atoms with Crippen LogP contribution in [0.25, 0.3) is 0 Å². The highest BCUT2D eigenvalue weighted by atomic mass is 32.2. The first-order chi connectivity index (χ1) is 8.04. The Labute approximate surface area is 105 Å². The number of hydrogen-bond donors (Lipinski definition) is 1. The molecule has 0 bridgehead atoms. The summed E-state index contributed by atoms with van der Waals surface area (Å²) in [6.45, 7) is 4.71. The minimum atomic E-state index is -0.763. The van der Waals surface area contributed by atoms with Crippen LogP contribution in [0.1, 0.15) is 19.0 Å². The van der Waals surface area contributed by atoms with E-state index in [1.807, 2.05) is 19.9 Å². The Kier molecular flexibility index (Phi) is 5.41. The molecule has 0 aliphatic rings. The minimum absolute atomic E-state index is 0.205. The van der Waals surface area contributed by atoms with Gasteiger partial charge in [0, 0.05) is 34.5 Å². The summed E-state index contributed by atoms with van der Waals surface area (Å²) < 4.78 is 16.4. The van der Waals surface area contributed by atoms with Crippen LogP contribution in [0.4, 0.5) is 5.69 Å². The zero-order valence-corrected chi connectivity index (χ0v) is 11.6. The van der Waals surface area contributed by atoms with Gasteiger partial charge >= 0.3 is 0 Å². The number of anilines is 1. The lowest BCUT2D eigenvalue weighted by molar-refractivity contribution is 0.414. The number of hydrogen-bond acceptors (Lipinski definition) is 4. The summed E-state index contributed by atoms with van der Waals surface area (Å²) in [5, 5.41) is 3.50. The van der Waals surface area contributed by atoms with Gasteiger partial charge in [-0.2, -0.15) is 0 Å². The molecular formula is C12H20N2O2S. The van der Waals surface area contributed by atoms with Gasteiger partial charge in [-0.1, -0.05) is 6.92 Å². The molecule has 0 fully saturated rings. The highest BCUT2D eigenvalue weighted by molar-refractivity contribution is 7.84. The van der Waals surface area contributed by atoms with E-state index in [1.54, 1.807) is 19.6 Å². The van der Waals surface area contributed by atoms with Crippen molar-refractivity contribution < 1.29 is 8.95 Å². The molecule has 0 saturated carbocycles. The molecule has 2 unspecified atom stereocenters. The van der Waals surface area contributed by atoms with Crippen molar-refractivity contribution in [1.82, 2.24) is 4.98 Å². The molecule has 5 heteroatoms. The topological polar surface area (TPSA) is 51.2 Å². The zero-order valence-electron chi connectivity index (χ0n) is 10.8. The average Bonchev–Trinajstić information content (AvgIpc) is 2.29. The molecule has 4 nitrogen and oxygen atoms in total. The lowest BCUT2D eigenvalue weighted by Crippen LogP contribution is -2.15. The van der Waals surface area contributed by atoms with Gasteiger partial charge in [0.15, 0.2) is 5.75 Å². The molecule has 1 aromatic rings. The third-order valence-electron chi connectivity index (χ3n) is 2.66. The number of rotatable bonds is 6. The van der Waals surface area contributed by atoms with Crippen LogP contribution in [0.5, 0.6) is 5.75 Å². The fourth-order valence-corrected chi connectivity index (χ4v) is 1.87. The van der Waals surface area contributed by atoms with E-state index >= 15 is 0 Å². The Bertz CT molecular complexity index is 396. The highest BCUT2D eigenvalue weighted by Crippen LogP contribution is 2.23. The Morgan fingerprint density at radius 2 is 2.29 bits per heavy atom. The summed E-state index contributed by atoms with van der Waals surface area (Å²) in [5.41, 5.74) is 1.88. The smallest absolute Gasteiger partial charge is 0.160 e. The molecule has 96 valence electrons. The van der Waals surface area contributed by atoms with Crippen LogP contribution in [0, 0.1) is 6.92 Å². The molecule has 1 aromatic heterocycles. The average molecular weight is 256 g/mol. The normalized spacial score (nSPS) is 14.1. The highest BCUT2D eigenvalue weighted by Gasteiger charge is 2.07. The van der Waals surface area contributed by atoms with Crippen molar-refractivity contribution in [2.45, 2.75) is 25.5 Å². The number of aromatic nitrogens is 1. The van der Waals surface area contributed by atoms with E-state index < -0.39 is 10.8 Å². The number of pyridine rings is 1. The predicted molar refractivity (Wildman–Crippen MR) is 72.2 cm³/mol. The third-order valence-corrected chi connectivity index (χ3v) is 4.03. The number of ether oxygens (including phenoxy) is 1. The molecule has 0 amide bonds. The second-order valence-corrected chi connectivity index (χ2v) is 5.85. The monoisotopic (exact) mass is 256 g/mol. The summed E-state index contributed by atoms with van der Waals surface area (Å²) in [5.74, 6) is 0.737. The summed E-state index contributed by atoms with van der Waals surface area (Å²) in [6, 6.07) is 1.95. The molecule has 17 heavy (non-hydrogen) atoms. The summed E-state index contributed by atoms with van der Waals surface area (Å²) >= 11 is 0. The minimum Gasteiger partial charge on any atom is -0.493 e. The van der Waals surface area contributed by atoms with Gasteiger partial charge in [0.2, 0.25) is 0 Å². The van der Waals surface area contributed by atoms with E-state index in [0.717, 1.165) is 30.1 Å². The zero-order chi connectivity index (χ0) is 12.8. The largest absolute Gasteiger partial charge is 0.493 e. The van der Waals surface area contributed by atoms with Crippen molar-refractivity contribution in [3.8, 4) is 5.75 Å². The van der Waals surface area contributed by atoms with Crippen molar-refractivity contribution in [1.29, 1.82) is 0 Å². The fourth-order valence-electron chi connectivity index (χ4n) is 1.42. The van der Waals surface area contributed by atoms with Gasteiger partial charge in [-0.15, -0.1) is 0 Å². The van der Waals surface area contributed by atoms with E-state index in [9.17, 15) is 4.21 Å². The maximum Gasteiger partial charge on any atom is 0.160 e. The van der Waals surface area contributed by atoms with Crippen LogP contribution in [0.2, 0.25) is 0 Å². The maximum absolute atomic E-state index is 11.2. The molecular weight excluding hydrogens is 236 g/mol. The molecule has 1 heterocycles. The Hall–Kier alpha value is -1.10. The van der Waals surface area contributed by atoms with Gasteiger partial charge in [-0.3, -0.25) is 9.19 Å². The van der Waals surface area contributed by atoms with E-state index in [1.165, 1.54) is 0 Å². The Morgan fingerprint density at radius 1 is 1.59 bits per heavy atom. The van der Waals surface area contributed by atoms with E-state index in [2.05, 4.69) is 10.3 Å². The van der Waals surface area contributed by atoms with Crippen LogP contribution in [-0.2, 0) is 10.8 Å². The number of nitrogens with zero attached hydrogens (tertiary/aromatic N) is 1. The van der Waals surface area contributed by atoms with E-state index in [0.29, 0.717) is 0 Å². The Morgan fingerprint density at radius 3 is 2.88 bits per heavy atom. The lowest BCUT2D eigenvalue weighted by atomic mass is 10.3. The molecule has 0 aromatic carbocycles. The van der Waals surface area contributed by atoms with Gasteiger partial charge in [0.25, 0.3) is 0 Å². The lowest BCUT2D eigenvalue weighted by Gasteiger charge is -2.13. The van der Waals surface area contributed by atoms with Crippen LogP contribution < -0.4 is 10.1 Å². The third kappa shape index (κ3) is 4.34. The molecule has 0 spiro atoms. The molecule has 2 atom stereocenters. The number of methoxy groups -OCH3 is 1. The van der Waals surface area contributed by atoms with Crippen molar-refractivity contribution in [2.75, 3.05) is 25.2 Å². The van der Waals surface area contributed by atoms with Gasteiger partial charge in [-0.05, 0) is 19.4 Å². The summed E-state index contributed by atoms with van der Waals surface area (Å²) in [6.07, 6.45) is 4.31. The van der Waals surface area contributed by atoms with E-state index in [4.69, 9.17) is 4.74 Å². The Balaban J connectivity index is 2.56. The first-order valence-corrected chi connectivity index (χ1v) is 7.23. The van der Waals surface area contributed by atoms with Gasteiger partial charge in [-0.25, -0.2) is 0 Å². The standard InChI is InChI=1S/C12H20N2O2S/c1-9-7-11(12(16-3)8-14-9)13-6-5-10(2)17(4)15/h7-8,10H,5-6H2,1-4H3,(H,13,14).